The number of hydrogen-bond acceptors (Lipinski definition) is 1. The van der Waals surface area contributed by atoms with Crippen LogP contribution in [0.3, 0.4) is 0 Å². The molecule has 22 heavy (non-hydrogen) atoms. The summed E-state index contributed by atoms with van der Waals surface area (Å²) in [6.07, 6.45) is 0. The van der Waals surface area contributed by atoms with Gasteiger partial charge in [0.15, 0.2) is 0 Å². The van der Waals surface area contributed by atoms with Crippen molar-refractivity contribution < 1.29 is 0 Å². The number of benzene rings is 3. The van der Waals surface area contributed by atoms with Crippen molar-refractivity contribution in [2.75, 3.05) is 0 Å². The first-order valence-corrected chi connectivity index (χ1v) is 10.2. The second-order valence-corrected chi connectivity index (χ2v) is 9.94. The van der Waals surface area contributed by atoms with Gasteiger partial charge in [-0.3, -0.25) is 0 Å². The highest BCUT2D eigenvalue weighted by Crippen LogP contribution is 2.43. The molecular formula is C20H19PS. The highest BCUT2D eigenvalue weighted by molar-refractivity contribution is 8.25. The second kappa shape index (κ2) is 6.20. The molecule has 1 atom stereocenters. The molecule has 0 spiro atoms. The van der Waals surface area contributed by atoms with Gasteiger partial charge in [0.2, 0.25) is 0 Å². The van der Waals surface area contributed by atoms with Crippen molar-refractivity contribution in [1.29, 1.82) is 0 Å². The summed E-state index contributed by atoms with van der Waals surface area (Å²) in [7, 11) is 0. The van der Waals surface area contributed by atoms with Crippen LogP contribution in [0.4, 0.5) is 0 Å². The van der Waals surface area contributed by atoms with E-state index in [-0.39, 0.29) is 0 Å². The highest BCUT2D eigenvalue weighted by atomic mass is 32.4. The lowest BCUT2D eigenvalue weighted by Gasteiger charge is -2.25. The van der Waals surface area contributed by atoms with Crippen LogP contribution < -0.4 is 15.9 Å². The molecule has 0 aliphatic rings. The molecule has 3 aromatic rings. The number of aryl methyl sites for hydroxylation is 2. The van der Waals surface area contributed by atoms with Gasteiger partial charge in [-0.15, -0.1) is 0 Å². The first-order valence-electron chi connectivity index (χ1n) is 7.41. The highest BCUT2D eigenvalue weighted by Gasteiger charge is 2.25. The van der Waals surface area contributed by atoms with E-state index in [1.165, 1.54) is 27.0 Å². The molecule has 0 fully saturated rings. The molecule has 2 heteroatoms. The van der Waals surface area contributed by atoms with Crippen LogP contribution in [0.25, 0.3) is 0 Å². The Balaban J connectivity index is 2.30. The van der Waals surface area contributed by atoms with Gasteiger partial charge in [0.05, 0.1) is 0 Å². The fraction of sp³-hybridized carbons (Fsp3) is 0.100. The third-order valence-corrected chi connectivity index (χ3v) is 9.06. The zero-order valence-electron chi connectivity index (χ0n) is 12.9. The van der Waals surface area contributed by atoms with Crippen LogP contribution in [0, 0.1) is 13.8 Å². The van der Waals surface area contributed by atoms with Crippen molar-refractivity contribution in [1.82, 2.24) is 0 Å². The van der Waals surface area contributed by atoms with Crippen LogP contribution >= 0.6 is 6.04 Å². The molecule has 0 saturated carbocycles. The van der Waals surface area contributed by atoms with E-state index in [0.29, 0.717) is 0 Å². The van der Waals surface area contributed by atoms with E-state index < -0.39 is 6.04 Å². The minimum atomic E-state index is -2.00. The molecule has 0 amide bonds. The Morgan fingerprint density at radius 3 is 1.82 bits per heavy atom. The molecule has 0 radical (unpaired) electrons. The minimum absolute atomic E-state index is 1.25. The summed E-state index contributed by atoms with van der Waals surface area (Å²) in [6, 6.07) is 25.8. The Labute approximate surface area is 137 Å². The fourth-order valence-corrected chi connectivity index (χ4v) is 6.96. The molecule has 110 valence electrons. The molecular weight excluding hydrogens is 303 g/mol. The summed E-state index contributed by atoms with van der Waals surface area (Å²) in [5, 5.41) is 3.80. The third kappa shape index (κ3) is 2.67. The largest absolute Gasteiger partial charge is 0.0826 e. The van der Waals surface area contributed by atoms with Crippen LogP contribution in [0.1, 0.15) is 11.1 Å². The van der Waals surface area contributed by atoms with Crippen molar-refractivity contribution in [2.45, 2.75) is 13.8 Å². The third-order valence-electron chi connectivity index (χ3n) is 3.97. The van der Waals surface area contributed by atoms with Gasteiger partial charge in [-0.2, -0.15) is 0 Å². The first-order chi connectivity index (χ1) is 10.6. The molecule has 1 unspecified atom stereocenters. The predicted octanol–water partition coefficient (Wildman–Crippen LogP) is 4.06. The summed E-state index contributed by atoms with van der Waals surface area (Å²) in [5.41, 5.74) is 2.54. The predicted molar refractivity (Wildman–Crippen MR) is 102 cm³/mol. The van der Waals surface area contributed by atoms with Crippen molar-refractivity contribution in [3.63, 3.8) is 0 Å². The van der Waals surface area contributed by atoms with E-state index in [2.05, 4.69) is 92.7 Å². The summed E-state index contributed by atoms with van der Waals surface area (Å²) >= 11 is 6.34. The van der Waals surface area contributed by atoms with E-state index >= 15 is 0 Å². The molecule has 0 aliphatic carbocycles. The van der Waals surface area contributed by atoms with Gasteiger partial charge in [0, 0.05) is 6.04 Å². The van der Waals surface area contributed by atoms with E-state index in [9.17, 15) is 0 Å². The molecule has 3 aromatic carbocycles. The lowest BCUT2D eigenvalue weighted by atomic mass is 10.2. The van der Waals surface area contributed by atoms with Crippen molar-refractivity contribution >= 4 is 33.8 Å². The summed E-state index contributed by atoms with van der Waals surface area (Å²) in [6.45, 7) is 4.27. The quantitative estimate of drug-likeness (QED) is 0.655. The van der Waals surface area contributed by atoms with E-state index in [1.807, 2.05) is 0 Å². The lowest BCUT2D eigenvalue weighted by Crippen LogP contribution is -2.26. The zero-order valence-corrected chi connectivity index (χ0v) is 14.6. The zero-order chi connectivity index (χ0) is 15.6. The Hall–Kier alpha value is -1.69. The molecule has 0 bridgehead atoms. The minimum Gasteiger partial charge on any atom is -0.0826 e. The van der Waals surface area contributed by atoms with E-state index in [1.54, 1.807) is 0 Å². The van der Waals surface area contributed by atoms with Gasteiger partial charge < -0.3 is 0 Å². The SMILES string of the molecule is Cc1ccc(P(=S)(c2ccccc2)c2ccccc2C)cc1. The average Bonchev–Trinajstić information content (AvgIpc) is 2.56. The normalized spacial score (nSPS) is 13.5. The second-order valence-electron chi connectivity index (χ2n) is 5.57. The van der Waals surface area contributed by atoms with Crippen molar-refractivity contribution in [3.05, 3.63) is 90.0 Å². The van der Waals surface area contributed by atoms with E-state index in [4.69, 9.17) is 11.8 Å². The molecule has 0 aromatic heterocycles. The lowest BCUT2D eigenvalue weighted by molar-refractivity contribution is 1.49. The molecule has 0 aliphatic heterocycles. The Morgan fingerprint density at radius 1 is 0.636 bits per heavy atom. The standard InChI is InChI=1S/C20H19PS/c1-16-12-14-19(15-13-16)21(22,18-9-4-3-5-10-18)20-11-7-6-8-17(20)2/h3-15H,1-2H3. The van der Waals surface area contributed by atoms with Gasteiger partial charge in [0.1, 0.15) is 0 Å². The Morgan fingerprint density at radius 2 is 1.18 bits per heavy atom. The molecule has 0 heterocycles. The Bertz CT molecular complexity index is 820. The van der Waals surface area contributed by atoms with Crippen LogP contribution in [-0.4, -0.2) is 0 Å². The van der Waals surface area contributed by atoms with Gasteiger partial charge in [0.25, 0.3) is 0 Å². The molecule has 3 rings (SSSR count). The maximum absolute atomic E-state index is 6.34. The summed E-state index contributed by atoms with van der Waals surface area (Å²) < 4.78 is 0. The summed E-state index contributed by atoms with van der Waals surface area (Å²) in [4.78, 5) is 0. The van der Waals surface area contributed by atoms with Crippen LogP contribution in [0.15, 0.2) is 78.9 Å². The van der Waals surface area contributed by atoms with Gasteiger partial charge in [-0.1, -0.05) is 96.2 Å². The van der Waals surface area contributed by atoms with Crippen molar-refractivity contribution in [3.8, 4) is 0 Å². The van der Waals surface area contributed by atoms with Gasteiger partial charge >= 0.3 is 0 Å². The number of rotatable bonds is 3. The van der Waals surface area contributed by atoms with Crippen molar-refractivity contribution in [2.24, 2.45) is 0 Å². The van der Waals surface area contributed by atoms with Crippen LogP contribution in [-0.2, 0) is 11.8 Å². The van der Waals surface area contributed by atoms with Crippen LogP contribution in [0.5, 0.6) is 0 Å². The molecule has 0 N–H and O–H groups in total. The maximum atomic E-state index is 6.34. The Kier molecular flexibility index (Phi) is 4.29. The van der Waals surface area contributed by atoms with Gasteiger partial charge in [-0.05, 0) is 35.3 Å². The van der Waals surface area contributed by atoms with Crippen LogP contribution in [0.2, 0.25) is 0 Å². The smallest absolute Gasteiger partial charge is 0.0382 e. The van der Waals surface area contributed by atoms with Gasteiger partial charge in [-0.25, -0.2) is 0 Å². The van der Waals surface area contributed by atoms with E-state index in [0.717, 1.165) is 0 Å². The average molecular weight is 322 g/mol. The topological polar surface area (TPSA) is 0 Å². The monoisotopic (exact) mass is 322 g/mol. The molecule has 0 saturated heterocycles. The number of hydrogen-bond donors (Lipinski definition) is 0. The fourth-order valence-electron chi connectivity index (χ4n) is 2.74. The first kappa shape index (κ1) is 15.2. The maximum Gasteiger partial charge on any atom is 0.0382 e. The summed E-state index contributed by atoms with van der Waals surface area (Å²) in [5.74, 6) is 0. The molecule has 0 nitrogen and oxygen atoms in total.